The first-order chi connectivity index (χ1) is 18.9. The summed E-state index contributed by atoms with van der Waals surface area (Å²) in [4.78, 5) is 62.0. The molecule has 0 saturated carbocycles. The van der Waals surface area contributed by atoms with Crippen molar-refractivity contribution >= 4 is 30.0 Å². The molecule has 0 spiro atoms. The molecule has 2 heterocycles. The summed E-state index contributed by atoms with van der Waals surface area (Å²) >= 11 is 0. The molecule has 13 heteroatoms. The van der Waals surface area contributed by atoms with E-state index < -0.39 is 71.8 Å². The Kier molecular flexibility index (Phi) is 12.0. The van der Waals surface area contributed by atoms with Crippen molar-refractivity contribution in [3.05, 3.63) is 0 Å². The predicted octanol–water partition coefficient (Wildman–Crippen LogP) is 3.04. The summed E-state index contributed by atoms with van der Waals surface area (Å²) in [6, 6.07) is -0.213. The third kappa shape index (κ3) is 10.4. The molecule has 2 rings (SSSR count). The lowest BCUT2D eigenvalue weighted by molar-refractivity contribution is -0.253. The Bertz CT molecular complexity index is 958. The molecule has 0 unspecified atom stereocenters. The second-order valence-electron chi connectivity index (χ2n) is 11.8. The zero-order valence-corrected chi connectivity index (χ0v) is 25.6. The zero-order valence-electron chi connectivity index (χ0n) is 25.6. The van der Waals surface area contributed by atoms with Crippen molar-refractivity contribution in [3.8, 4) is 0 Å². The minimum atomic E-state index is -1.19. The number of amides is 1. The van der Waals surface area contributed by atoms with Crippen molar-refractivity contribution in [1.29, 1.82) is 0 Å². The molecule has 0 aromatic carbocycles. The highest BCUT2D eigenvalue weighted by Crippen LogP contribution is 2.34. The largest absolute Gasteiger partial charge is 0.463 e. The summed E-state index contributed by atoms with van der Waals surface area (Å²) in [7, 11) is 0. The fraction of sp³-hybridized carbons (Fsp3) is 0.821. The van der Waals surface area contributed by atoms with Gasteiger partial charge in [-0.05, 0) is 47.5 Å². The van der Waals surface area contributed by atoms with E-state index in [1.165, 1.54) is 27.7 Å². The molecule has 0 aromatic heterocycles. The number of carbonyl (C=O) groups is 5. The number of rotatable bonds is 10. The fourth-order valence-electron chi connectivity index (χ4n) is 5.05. The van der Waals surface area contributed by atoms with Crippen LogP contribution < -0.4 is 0 Å². The van der Waals surface area contributed by atoms with Crippen LogP contribution >= 0.6 is 0 Å². The van der Waals surface area contributed by atoms with Gasteiger partial charge >= 0.3 is 30.0 Å². The zero-order chi connectivity index (χ0) is 31.1. The average Bonchev–Trinajstić information content (AvgIpc) is 3.10. The normalized spacial score (nSPS) is 27.5. The van der Waals surface area contributed by atoms with Crippen LogP contribution in [-0.4, -0.2) is 96.0 Å². The van der Waals surface area contributed by atoms with Crippen LogP contribution in [0.15, 0.2) is 0 Å². The first kappa shape index (κ1) is 34.3. The van der Waals surface area contributed by atoms with Crippen molar-refractivity contribution in [1.82, 2.24) is 4.90 Å². The standard InChI is InChI=1S/C28H45NO12/c1-16(30)35-15-22-24(38-18(3)32)25(39-19(4)33)23(37-17(2)31)21(40-22)13-11-10-12-20-14-36-28(8,9)29(20)26(34)41-27(5,6)7/h20-25H,10-15H2,1-9H3/t20-,21-,22+,23-,24-,25+/m0/s1. The summed E-state index contributed by atoms with van der Waals surface area (Å²) in [6.07, 6.45) is -3.46. The summed E-state index contributed by atoms with van der Waals surface area (Å²) in [5.74, 6) is -2.57. The SMILES string of the molecule is CC(=O)OC[C@H]1O[C@@H](CCCC[C@H]2COC(C)(C)N2C(=O)OC(C)(C)C)[C@H](OC(C)=O)[C@@H](OC(C)=O)[C@H]1OC(C)=O. The number of nitrogens with zero attached hydrogens (tertiary/aromatic N) is 1. The Labute approximate surface area is 241 Å². The average molecular weight is 588 g/mol. The van der Waals surface area contributed by atoms with Crippen molar-refractivity contribution in [2.24, 2.45) is 0 Å². The Morgan fingerprint density at radius 3 is 1.80 bits per heavy atom. The summed E-state index contributed by atoms with van der Waals surface area (Å²) in [5, 5.41) is 0. The topological polar surface area (TPSA) is 153 Å². The van der Waals surface area contributed by atoms with E-state index in [9.17, 15) is 24.0 Å². The number of carbonyl (C=O) groups excluding carboxylic acids is 5. The molecular formula is C28H45NO12. The predicted molar refractivity (Wildman–Crippen MR) is 142 cm³/mol. The minimum Gasteiger partial charge on any atom is -0.463 e. The van der Waals surface area contributed by atoms with Crippen LogP contribution in [0.25, 0.3) is 0 Å². The van der Waals surface area contributed by atoms with E-state index in [2.05, 4.69) is 0 Å². The van der Waals surface area contributed by atoms with E-state index >= 15 is 0 Å². The Hall–Kier alpha value is -2.93. The van der Waals surface area contributed by atoms with Gasteiger partial charge in [-0.3, -0.25) is 24.1 Å². The smallest absolute Gasteiger partial charge is 0.412 e. The van der Waals surface area contributed by atoms with E-state index in [-0.39, 0.29) is 12.6 Å². The van der Waals surface area contributed by atoms with Gasteiger partial charge in [0.15, 0.2) is 18.3 Å². The van der Waals surface area contributed by atoms with Gasteiger partial charge in [-0.1, -0.05) is 12.8 Å². The molecule has 1 amide bonds. The Balaban J connectivity index is 2.19. The van der Waals surface area contributed by atoms with Gasteiger partial charge in [-0.2, -0.15) is 0 Å². The molecule has 0 N–H and O–H groups in total. The van der Waals surface area contributed by atoms with Crippen LogP contribution in [0.1, 0.15) is 88.0 Å². The molecule has 0 aliphatic carbocycles. The quantitative estimate of drug-likeness (QED) is 0.210. The Morgan fingerprint density at radius 1 is 0.780 bits per heavy atom. The number of hydrogen-bond acceptors (Lipinski definition) is 12. The second kappa shape index (κ2) is 14.3. The number of esters is 4. The maximum atomic E-state index is 12.9. The summed E-state index contributed by atoms with van der Waals surface area (Å²) in [6.45, 7) is 13.9. The molecular weight excluding hydrogens is 542 g/mol. The van der Waals surface area contributed by atoms with Gasteiger partial charge < -0.3 is 33.2 Å². The molecule has 0 aromatic rings. The second-order valence-corrected chi connectivity index (χ2v) is 11.8. The van der Waals surface area contributed by atoms with E-state index in [0.717, 1.165) is 0 Å². The van der Waals surface area contributed by atoms with Crippen molar-refractivity contribution in [2.45, 2.75) is 136 Å². The lowest BCUT2D eigenvalue weighted by atomic mass is 9.91. The maximum absolute atomic E-state index is 12.9. The third-order valence-corrected chi connectivity index (χ3v) is 6.53. The minimum absolute atomic E-state index is 0.213. The third-order valence-electron chi connectivity index (χ3n) is 6.53. The molecule has 2 fully saturated rings. The van der Waals surface area contributed by atoms with Crippen LogP contribution in [0.4, 0.5) is 4.79 Å². The molecule has 2 aliphatic heterocycles. The lowest BCUT2D eigenvalue weighted by Crippen LogP contribution is -2.62. The fourth-order valence-corrected chi connectivity index (χ4v) is 5.05. The number of ether oxygens (including phenoxy) is 7. The molecule has 41 heavy (non-hydrogen) atoms. The van der Waals surface area contributed by atoms with Crippen molar-refractivity contribution in [2.75, 3.05) is 13.2 Å². The first-order valence-corrected chi connectivity index (χ1v) is 13.9. The number of unbranched alkanes of at least 4 members (excludes halogenated alkanes) is 1. The van der Waals surface area contributed by atoms with Gasteiger partial charge in [-0.15, -0.1) is 0 Å². The van der Waals surface area contributed by atoms with Gasteiger partial charge in [-0.25, -0.2) is 4.79 Å². The first-order valence-electron chi connectivity index (χ1n) is 13.9. The Morgan fingerprint density at radius 2 is 1.29 bits per heavy atom. The van der Waals surface area contributed by atoms with Crippen LogP contribution in [0, 0.1) is 0 Å². The van der Waals surface area contributed by atoms with Gasteiger partial charge in [0.2, 0.25) is 0 Å². The van der Waals surface area contributed by atoms with Crippen molar-refractivity contribution < 1.29 is 57.1 Å². The maximum Gasteiger partial charge on any atom is 0.412 e. The molecule has 13 nitrogen and oxygen atoms in total. The highest BCUT2D eigenvalue weighted by atomic mass is 16.7. The van der Waals surface area contributed by atoms with E-state index in [1.807, 2.05) is 13.8 Å². The molecule has 0 radical (unpaired) electrons. The summed E-state index contributed by atoms with van der Waals surface area (Å²) in [5.41, 5.74) is -1.48. The molecule has 2 saturated heterocycles. The van der Waals surface area contributed by atoms with Gasteiger partial charge in [0.1, 0.15) is 24.0 Å². The van der Waals surface area contributed by atoms with Crippen LogP contribution in [0.5, 0.6) is 0 Å². The highest BCUT2D eigenvalue weighted by molar-refractivity contribution is 5.70. The summed E-state index contributed by atoms with van der Waals surface area (Å²) < 4.78 is 39.2. The highest BCUT2D eigenvalue weighted by Gasteiger charge is 2.52. The van der Waals surface area contributed by atoms with Crippen molar-refractivity contribution in [3.63, 3.8) is 0 Å². The van der Waals surface area contributed by atoms with E-state index in [1.54, 1.807) is 25.7 Å². The molecule has 0 bridgehead atoms. The number of hydrogen-bond donors (Lipinski definition) is 0. The van der Waals surface area contributed by atoms with Crippen LogP contribution in [0.2, 0.25) is 0 Å². The molecule has 234 valence electrons. The van der Waals surface area contributed by atoms with Gasteiger partial charge in [0.25, 0.3) is 0 Å². The van der Waals surface area contributed by atoms with E-state index in [4.69, 9.17) is 33.2 Å². The lowest BCUT2D eigenvalue weighted by Gasteiger charge is -2.44. The van der Waals surface area contributed by atoms with E-state index in [0.29, 0.717) is 32.3 Å². The van der Waals surface area contributed by atoms with Gasteiger partial charge in [0, 0.05) is 27.7 Å². The monoisotopic (exact) mass is 587 g/mol. The van der Waals surface area contributed by atoms with Crippen LogP contribution in [0.3, 0.4) is 0 Å². The molecule has 2 aliphatic rings. The van der Waals surface area contributed by atoms with Crippen LogP contribution in [-0.2, 0) is 52.3 Å². The molecule has 6 atom stereocenters. The van der Waals surface area contributed by atoms with Gasteiger partial charge in [0.05, 0.1) is 18.8 Å².